The van der Waals surface area contributed by atoms with Crippen LogP contribution in [0.15, 0.2) is 0 Å². The van der Waals surface area contributed by atoms with E-state index in [-0.39, 0.29) is 5.54 Å². The van der Waals surface area contributed by atoms with Crippen LogP contribution in [0.5, 0.6) is 0 Å². The third kappa shape index (κ3) is 1.09. The van der Waals surface area contributed by atoms with Crippen LogP contribution in [0.25, 0.3) is 0 Å². The summed E-state index contributed by atoms with van der Waals surface area (Å²) in [5, 5.41) is 12.7. The zero-order valence-electron chi connectivity index (χ0n) is 7.14. The van der Waals surface area contributed by atoms with Gasteiger partial charge >= 0.3 is 0 Å². The van der Waals surface area contributed by atoms with E-state index < -0.39 is 0 Å². The Morgan fingerprint density at radius 3 is 2.73 bits per heavy atom. The van der Waals surface area contributed by atoms with Gasteiger partial charge in [-0.15, -0.1) is 0 Å². The fraction of sp³-hybridized carbons (Fsp3) is 1.00. The molecule has 1 saturated heterocycles. The fourth-order valence-electron chi connectivity index (χ4n) is 2.40. The molecule has 2 aliphatic rings. The zero-order valence-corrected chi connectivity index (χ0v) is 7.14. The first-order valence-corrected chi connectivity index (χ1v) is 4.63. The number of rotatable bonds is 2. The molecule has 2 atom stereocenters. The van der Waals surface area contributed by atoms with E-state index in [1.54, 1.807) is 0 Å². The van der Waals surface area contributed by atoms with Crippen molar-refractivity contribution in [1.29, 1.82) is 0 Å². The van der Waals surface area contributed by atoms with Crippen molar-refractivity contribution in [2.45, 2.75) is 31.7 Å². The molecule has 0 bridgehead atoms. The molecule has 64 valence electrons. The second kappa shape index (κ2) is 2.46. The van der Waals surface area contributed by atoms with Crippen molar-refractivity contribution in [2.24, 2.45) is 11.8 Å². The Morgan fingerprint density at radius 1 is 1.45 bits per heavy atom. The Bertz CT molecular complexity index is 156. The van der Waals surface area contributed by atoms with E-state index in [2.05, 4.69) is 12.2 Å². The van der Waals surface area contributed by atoms with E-state index in [0.29, 0.717) is 12.5 Å². The van der Waals surface area contributed by atoms with Gasteiger partial charge in [-0.1, -0.05) is 0 Å². The van der Waals surface area contributed by atoms with Gasteiger partial charge < -0.3 is 10.4 Å². The molecule has 2 heteroatoms. The van der Waals surface area contributed by atoms with Gasteiger partial charge in [0.25, 0.3) is 0 Å². The molecule has 0 radical (unpaired) electrons. The van der Waals surface area contributed by atoms with Crippen LogP contribution >= 0.6 is 0 Å². The predicted octanol–water partition coefficient (Wildman–Crippen LogP) is 0.757. The second-order valence-corrected chi connectivity index (χ2v) is 4.15. The van der Waals surface area contributed by atoms with Gasteiger partial charge in [-0.2, -0.15) is 0 Å². The minimum atomic E-state index is 0.273. The highest BCUT2D eigenvalue weighted by Gasteiger charge is 2.48. The van der Waals surface area contributed by atoms with Gasteiger partial charge in [-0.3, -0.25) is 0 Å². The molecule has 0 aromatic carbocycles. The number of aliphatic hydroxyl groups is 1. The van der Waals surface area contributed by atoms with E-state index in [4.69, 9.17) is 5.11 Å². The van der Waals surface area contributed by atoms with Gasteiger partial charge in [-0.05, 0) is 38.6 Å². The monoisotopic (exact) mass is 155 g/mol. The number of nitrogens with one attached hydrogen (secondary N) is 1. The lowest BCUT2D eigenvalue weighted by Gasteiger charge is -2.30. The van der Waals surface area contributed by atoms with Crippen molar-refractivity contribution in [3.8, 4) is 0 Å². The maximum atomic E-state index is 9.14. The quantitative estimate of drug-likeness (QED) is 0.617. The highest BCUT2D eigenvalue weighted by molar-refractivity contribution is 5.05. The van der Waals surface area contributed by atoms with E-state index in [1.807, 2.05) is 0 Å². The summed E-state index contributed by atoms with van der Waals surface area (Å²) in [4.78, 5) is 0. The van der Waals surface area contributed by atoms with Crippen LogP contribution < -0.4 is 5.32 Å². The average molecular weight is 155 g/mol. The third-order valence-corrected chi connectivity index (χ3v) is 3.49. The number of hydrogen-bond donors (Lipinski definition) is 2. The standard InChI is InChI=1S/C9H17NO/c1-9(7-2-3-7)8(6-11)4-5-10-9/h7-8,10-11H,2-6H2,1H3. The van der Waals surface area contributed by atoms with Gasteiger partial charge in [0.1, 0.15) is 0 Å². The van der Waals surface area contributed by atoms with Crippen molar-refractivity contribution >= 4 is 0 Å². The Balaban J connectivity index is 2.08. The zero-order chi connectivity index (χ0) is 7.90. The van der Waals surface area contributed by atoms with Crippen molar-refractivity contribution in [3.63, 3.8) is 0 Å². The Kier molecular flexibility index (Phi) is 1.69. The molecule has 1 saturated carbocycles. The molecule has 2 N–H and O–H groups in total. The molecule has 0 aromatic rings. The molecule has 0 spiro atoms. The molecule has 2 unspecified atom stereocenters. The minimum absolute atomic E-state index is 0.273. The molecule has 11 heavy (non-hydrogen) atoms. The van der Waals surface area contributed by atoms with Gasteiger partial charge in [0.15, 0.2) is 0 Å². The number of hydrogen-bond acceptors (Lipinski definition) is 2. The maximum absolute atomic E-state index is 9.14. The molecule has 2 fully saturated rings. The van der Waals surface area contributed by atoms with Crippen LogP contribution in [-0.2, 0) is 0 Å². The average Bonchev–Trinajstić information content (AvgIpc) is 2.77. The van der Waals surface area contributed by atoms with Crippen molar-refractivity contribution in [3.05, 3.63) is 0 Å². The molecular weight excluding hydrogens is 138 g/mol. The molecule has 0 amide bonds. The third-order valence-electron chi connectivity index (χ3n) is 3.49. The SMILES string of the molecule is CC1(C2CC2)NCCC1CO. The molecule has 2 rings (SSSR count). The van der Waals surface area contributed by atoms with Crippen LogP contribution in [0.2, 0.25) is 0 Å². The van der Waals surface area contributed by atoms with E-state index in [9.17, 15) is 0 Å². The van der Waals surface area contributed by atoms with Crippen LogP contribution in [0, 0.1) is 11.8 Å². The highest BCUT2D eigenvalue weighted by Crippen LogP contribution is 2.46. The van der Waals surface area contributed by atoms with E-state index >= 15 is 0 Å². The summed E-state index contributed by atoms with van der Waals surface area (Å²) in [6, 6.07) is 0. The summed E-state index contributed by atoms with van der Waals surface area (Å²) in [5.41, 5.74) is 0.273. The maximum Gasteiger partial charge on any atom is 0.0477 e. The summed E-state index contributed by atoms with van der Waals surface area (Å²) in [7, 11) is 0. The molecule has 1 heterocycles. The van der Waals surface area contributed by atoms with Gasteiger partial charge in [-0.25, -0.2) is 0 Å². The molecule has 1 aliphatic heterocycles. The lowest BCUT2D eigenvalue weighted by molar-refractivity contribution is 0.156. The minimum Gasteiger partial charge on any atom is -0.396 e. The highest BCUT2D eigenvalue weighted by atomic mass is 16.3. The van der Waals surface area contributed by atoms with Crippen LogP contribution in [0.4, 0.5) is 0 Å². The Labute approximate surface area is 68.0 Å². The first-order chi connectivity index (χ1) is 5.27. The van der Waals surface area contributed by atoms with Gasteiger partial charge in [0, 0.05) is 18.1 Å². The molecule has 0 aromatic heterocycles. The van der Waals surface area contributed by atoms with Crippen LogP contribution in [0.3, 0.4) is 0 Å². The van der Waals surface area contributed by atoms with Gasteiger partial charge in [0.2, 0.25) is 0 Å². The van der Waals surface area contributed by atoms with E-state index in [0.717, 1.165) is 18.9 Å². The first-order valence-electron chi connectivity index (χ1n) is 4.63. The van der Waals surface area contributed by atoms with Crippen molar-refractivity contribution < 1.29 is 5.11 Å². The summed E-state index contributed by atoms with van der Waals surface area (Å²) < 4.78 is 0. The van der Waals surface area contributed by atoms with Crippen LogP contribution in [-0.4, -0.2) is 23.8 Å². The summed E-state index contributed by atoms with van der Waals surface area (Å²) >= 11 is 0. The van der Waals surface area contributed by atoms with Crippen molar-refractivity contribution in [1.82, 2.24) is 5.32 Å². The normalized spacial score (nSPS) is 44.7. The first kappa shape index (κ1) is 7.56. The second-order valence-electron chi connectivity index (χ2n) is 4.15. The lowest BCUT2D eigenvalue weighted by atomic mass is 9.83. The Morgan fingerprint density at radius 2 is 2.18 bits per heavy atom. The largest absolute Gasteiger partial charge is 0.396 e. The fourth-order valence-corrected chi connectivity index (χ4v) is 2.40. The Hall–Kier alpha value is -0.0800. The summed E-state index contributed by atoms with van der Waals surface area (Å²) in [5.74, 6) is 1.36. The number of aliphatic hydroxyl groups excluding tert-OH is 1. The van der Waals surface area contributed by atoms with E-state index in [1.165, 1.54) is 12.8 Å². The van der Waals surface area contributed by atoms with Gasteiger partial charge in [0.05, 0.1) is 0 Å². The smallest absolute Gasteiger partial charge is 0.0477 e. The molecular formula is C9H17NO. The van der Waals surface area contributed by atoms with Crippen LogP contribution in [0.1, 0.15) is 26.2 Å². The topological polar surface area (TPSA) is 32.3 Å². The summed E-state index contributed by atoms with van der Waals surface area (Å²) in [6.07, 6.45) is 3.88. The molecule has 1 aliphatic carbocycles. The predicted molar refractivity (Wildman–Crippen MR) is 44.3 cm³/mol. The summed E-state index contributed by atoms with van der Waals surface area (Å²) in [6.45, 7) is 3.73. The van der Waals surface area contributed by atoms with Crippen molar-refractivity contribution in [2.75, 3.05) is 13.2 Å². The molecule has 2 nitrogen and oxygen atoms in total. The lowest BCUT2D eigenvalue weighted by Crippen LogP contribution is -2.45.